The number of carbonyl (C=O) groups is 1. The number of carboxylic acids is 1. The van der Waals surface area contributed by atoms with Gasteiger partial charge in [-0.2, -0.15) is 0 Å². The lowest BCUT2D eigenvalue weighted by molar-refractivity contribution is 0.0681. The first-order valence-corrected chi connectivity index (χ1v) is 6.07. The van der Waals surface area contributed by atoms with Crippen LogP contribution in [-0.2, 0) is 5.41 Å². The van der Waals surface area contributed by atoms with Gasteiger partial charge < -0.3 is 9.84 Å². The Morgan fingerprint density at radius 1 is 1.11 bits per heavy atom. The molecule has 0 atom stereocenters. The Labute approximate surface area is 126 Å². The zero-order valence-electron chi connectivity index (χ0n) is 12.0. The lowest BCUT2D eigenvalue weighted by Gasteiger charge is -2.25. The highest BCUT2D eigenvalue weighted by molar-refractivity contribution is 5.91. The molecule has 0 aromatic heterocycles. The average Bonchev–Trinajstić information content (AvgIpc) is 2.12. The summed E-state index contributed by atoms with van der Waals surface area (Å²) in [7, 11) is 0. The van der Waals surface area contributed by atoms with Gasteiger partial charge in [-0.15, -0.1) is 0 Å². The molecule has 0 spiro atoms. The fraction of sp³-hybridized carbons (Fsp3) is 0.533. The van der Waals surface area contributed by atoms with E-state index in [1.807, 2.05) is 32.9 Å². The number of ether oxygens (including phenoxy) is 1. The SMILES string of the molecule is CC(C)(C)Oc1cc(C(C)(C)C)ccc1C(=O)O.[AlH3]. The van der Waals surface area contributed by atoms with E-state index < -0.39 is 11.6 Å². The zero-order valence-corrected chi connectivity index (χ0v) is 12.0. The van der Waals surface area contributed by atoms with Crippen molar-refractivity contribution >= 4 is 23.3 Å². The Hall–Kier alpha value is -0.978. The molecule has 1 rings (SSSR count). The molecule has 4 heteroatoms. The van der Waals surface area contributed by atoms with Crippen molar-refractivity contribution in [2.45, 2.75) is 52.6 Å². The van der Waals surface area contributed by atoms with E-state index in [9.17, 15) is 9.90 Å². The molecule has 0 saturated carbocycles. The highest BCUT2D eigenvalue weighted by atomic mass is 27.0. The van der Waals surface area contributed by atoms with Gasteiger partial charge in [-0.3, -0.25) is 0 Å². The van der Waals surface area contributed by atoms with Crippen LogP contribution >= 0.6 is 0 Å². The Kier molecular flexibility index (Phi) is 5.68. The van der Waals surface area contributed by atoms with Gasteiger partial charge in [0.2, 0.25) is 0 Å². The van der Waals surface area contributed by atoms with Gasteiger partial charge in [0, 0.05) is 0 Å². The summed E-state index contributed by atoms with van der Waals surface area (Å²) in [6.45, 7) is 12.0. The van der Waals surface area contributed by atoms with Crippen LogP contribution in [0.3, 0.4) is 0 Å². The van der Waals surface area contributed by atoms with E-state index >= 15 is 0 Å². The van der Waals surface area contributed by atoms with E-state index in [0.717, 1.165) is 5.56 Å². The van der Waals surface area contributed by atoms with Crippen LogP contribution in [0.1, 0.15) is 57.5 Å². The monoisotopic (exact) mass is 280 g/mol. The number of benzene rings is 1. The number of hydrogen-bond acceptors (Lipinski definition) is 2. The fourth-order valence-electron chi connectivity index (χ4n) is 1.58. The third-order valence-electron chi connectivity index (χ3n) is 2.49. The molecule has 0 unspecified atom stereocenters. The minimum absolute atomic E-state index is 0. The predicted octanol–water partition coefficient (Wildman–Crippen LogP) is 2.68. The summed E-state index contributed by atoms with van der Waals surface area (Å²) >= 11 is 0. The number of carboxylic acid groups (broad SMARTS) is 1. The lowest BCUT2D eigenvalue weighted by atomic mass is 9.86. The molecule has 0 amide bonds. The van der Waals surface area contributed by atoms with Crippen LogP contribution in [0.5, 0.6) is 5.75 Å². The van der Waals surface area contributed by atoms with Gasteiger partial charge >= 0.3 is 5.97 Å². The van der Waals surface area contributed by atoms with Gasteiger partial charge in [-0.1, -0.05) is 26.8 Å². The van der Waals surface area contributed by atoms with Gasteiger partial charge in [0.25, 0.3) is 0 Å². The minimum atomic E-state index is -0.963. The Bertz CT molecular complexity index is 453. The third-order valence-corrected chi connectivity index (χ3v) is 2.49. The molecule has 3 nitrogen and oxygen atoms in total. The predicted molar refractivity (Wildman–Crippen MR) is 82.4 cm³/mol. The molecule has 0 radical (unpaired) electrons. The second-order valence-corrected chi connectivity index (χ2v) is 6.48. The summed E-state index contributed by atoms with van der Waals surface area (Å²) in [6.07, 6.45) is 0. The summed E-state index contributed by atoms with van der Waals surface area (Å²) in [6, 6.07) is 5.29. The van der Waals surface area contributed by atoms with Gasteiger partial charge in [0.15, 0.2) is 17.4 Å². The molecular formula is C15H25AlO3. The molecule has 1 aromatic rings. The zero-order chi connectivity index (χ0) is 14.1. The highest BCUT2D eigenvalue weighted by Crippen LogP contribution is 2.30. The van der Waals surface area contributed by atoms with E-state index in [1.165, 1.54) is 0 Å². The van der Waals surface area contributed by atoms with E-state index in [0.29, 0.717) is 5.75 Å². The van der Waals surface area contributed by atoms with Crippen LogP contribution < -0.4 is 4.74 Å². The largest absolute Gasteiger partial charge is 0.487 e. The van der Waals surface area contributed by atoms with Gasteiger partial charge in [-0.25, -0.2) is 4.79 Å². The summed E-state index contributed by atoms with van der Waals surface area (Å²) < 4.78 is 5.75. The van der Waals surface area contributed by atoms with Crippen LogP contribution in [-0.4, -0.2) is 34.0 Å². The summed E-state index contributed by atoms with van der Waals surface area (Å²) in [4.78, 5) is 11.2. The maximum Gasteiger partial charge on any atom is 0.339 e. The lowest BCUT2D eigenvalue weighted by Crippen LogP contribution is -2.24. The second-order valence-electron chi connectivity index (χ2n) is 6.48. The maximum atomic E-state index is 11.2. The summed E-state index contributed by atoms with van der Waals surface area (Å²) in [5, 5.41) is 9.18. The Morgan fingerprint density at radius 3 is 2.00 bits per heavy atom. The van der Waals surface area contributed by atoms with Gasteiger partial charge in [-0.05, 0) is 43.9 Å². The molecule has 0 aliphatic heterocycles. The first-order chi connectivity index (χ1) is 8.00. The van der Waals surface area contributed by atoms with Crippen molar-refractivity contribution in [1.82, 2.24) is 0 Å². The van der Waals surface area contributed by atoms with Crippen molar-refractivity contribution in [3.63, 3.8) is 0 Å². The number of hydrogen-bond donors (Lipinski definition) is 1. The van der Waals surface area contributed by atoms with Crippen LogP contribution in [0.4, 0.5) is 0 Å². The van der Waals surface area contributed by atoms with E-state index in [4.69, 9.17) is 4.74 Å². The fourth-order valence-corrected chi connectivity index (χ4v) is 1.58. The third kappa shape index (κ3) is 5.26. The molecule has 1 aromatic carbocycles. The molecule has 0 heterocycles. The first kappa shape index (κ1) is 18.0. The van der Waals surface area contributed by atoms with Gasteiger partial charge in [0.1, 0.15) is 16.9 Å². The normalized spacial score (nSPS) is 11.7. The standard InChI is InChI=1S/C15H22O3.Al.3H/c1-14(2,3)10-7-8-11(13(16)17)12(9-10)18-15(4,5)6;;;;/h7-9H,1-6H3,(H,16,17);;;;. The van der Waals surface area contributed by atoms with Crippen LogP contribution in [0.25, 0.3) is 0 Å². The molecule has 1 N–H and O–H groups in total. The van der Waals surface area contributed by atoms with Crippen molar-refractivity contribution < 1.29 is 14.6 Å². The van der Waals surface area contributed by atoms with Crippen LogP contribution in [0.2, 0.25) is 0 Å². The molecule has 0 bridgehead atoms. The number of aromatic carboxylic acids is 1. The molecule has 106 valence electrons. The summed E-state index contributed by atoms with van der Waals surface area (Å²) in [5.74, 6) is -0.530. The Balaban J connectivity index is 0.00000324. The smallest absolute Gasteiger partial charge is 0.339 e. The van der Waals surface area contributed by atoms with E-state index in [2.05, 4.69) is 20.8 Å². The summed E-state index contributed by atoms with van der Waals surface area (Å²) in [5.41, 5.74) is 0.818. The van der Waals surface area contributed by atoms with Crippen molar-refractivity contribution in [1.29, 1.82) is 0 Å². The van der Waals surface area contributed by atoms with Gasteiger partial charge in [0.05, 0.1) is 0 Å². The van der Waals surface area contributed by atoms with E-state index in [-0.39, 0.29) is 28.3 Å². The van der Waals surface area contributed by atoms with Crippen molar-refractivity contribution in [2.24, 2.45) is 0 Å². The van der Waals surface area contributed by atoms with E-state index in [1.54, 1.807) is 6.07 Å². The van der Waals surface area contributed by atoms with Crippen molar-refractivity contribution in [3.05, 3.63) is 29.3 Å². The first-order valence-electron chi connectivity index (χ1n) is 6.07. The highest BCUT2D eigenvalue weighted by Gasteiger charge is 2.21. The maximum absolute atomic E-state index is 11.2. The molecule has 19 heavy (non-hydrogen) atoms. The molecule has 0 aliphatic carbocycles. The average molecular weight is 280 g/mol. The minimum Gasteiger partial charge on any atom is -0.487 e. The molecular weight excluding hydrogens is 255 g/mol. The second kappa shape index (κ2) is 5.98. The van der Waals surface area contributed by atoms with Crippen LogP contribution in [0.15, 0.2) is 18.2 Å². The van der Waals surface area contributed by atoms with Crippen molar-refractivity contribution in [3.8, 4) is 5.75 Å². The van der Waals surface area contributed by atoms with Crippen molar-refractivity contribution in [2.75, 3.05) is 0 Å². The molecule has 0 aliphatic rings. The quantitative estimate of drug-likeness (QED) is 0.847. The van der Waals surface area contributed by atoms with Crippen LogP contribution in [0, 0.1) is 0 Å². The topological polar surface area (TPSA) is 46.5 Å². The Morgan fingerprint density at radius 2 is 1.63 bits per heavy atom. The molecule has 0 saturated heterocycles. The molecule has 0 fully saturated rings. The number of rotatable bonds is 2.